The molecule has 4 heteroatoms. The first-order chi connectivity index (χ1) is 8.91. The number of aromatic nitrogens is 1. The van der Waals surface area contributed by atoms with Crippen molar-refractivity contribution in [3.8, 4) is 5.75 Å². The lowest BCUT2D eigenvalue weighted by atomic mass is 9.90. The van der Waals surface area contributed by atoms with Gasteiger partial charge in [-0.3, -0.25) is 4.98 Å². The molecule has 0 saturated carbocycles. The van der Waals surface area contributed by atoms with E-state index in [1.807, 2.05) is 0 Å². The van der Waals surface area contributed by atoms with Gasteiger partial charge < -0.3 is 10.2 Å². The number of carboxylic acids is 1. The topological polar surface area (TPSA) is 73.2 Å². The molecule has 0 fully saturated rings. The quantitative estimate of drug-likeness (QED) is 0.848. The van der Waals surface area contributed by atoms with Gasteiger partial charge in [-0.2, -0.15) is 0 Å². The summed E-state index contributed by atoms with van der Waals surface area (Å²) in [7, 11) is 0. The zero-order chi connectivity index (χ0) is 13.8. The Labute approximate surface area is 110 Å². The number of rotatable bonds is 1. The highest BCUT2D eigenvalue weighted by Gasteiger charge is 2.33. The molecule has 4 nitrogen and oxygen atoms in total. The molecule has 19 heavy (non-hydrogen) atoms. The second-order valence-corrected chi connectivity index (χ2v) is 5.91. The smallest absolute Gasteiger partial charge is 0.336 e. The van der Waals surface area contributed by atoms with Gasteiger partial charge in [0.2, 0.25) is 0 Å². The summed E-state index contributed by atoms with van der Waals surface area (Å²) < 4.78 is 0. The van der Waals surface area contributed by atoms with Gasteiger partial charge in [0.05, 0.1) is 5.56 Å². The first-order valence-electron chi connectivity index (χ1n) is 6.22. The van der Waals surface area contributed by atoms with Gasteiger partial charge >= 0.3 is 5.97 Å². The van der Waals surface area contributed by atoms with Crippen molar-refractivity contribution >= 4 is 16.7 Å². The highest BCUT2D eigenvalue weighted by atomic mass is 16.4. The Morgan fingerprint density at radius 1 is 1.32 bits per heavy atom. The molecule has 0 bridgehead atoms. The fraction of sp³-hybridized carbons (Fsp3) is 0.333. The van der Waals surface area contributed by atoms with Crippen molar-refractivity contribution in [1.29, 1.82) is 0 Å². The highest BCUT2D eigenvalue weighted by molar-refractivity contribution is 6.07. The Bertz CT molecular complexity index is 704. The SMILES string of the molecule is CC1(C)Cc2c(c(C(=O)O)c3ccncc3c2[O-])C1. The van der Waals surface area contributed by atoms with Crippen LogP contribution in [0.5, 0.6) is 5.75 Å². The van der Waals surface area contributed by atoms with E-state index in [4.69, 9.17) is 0 Å². The highest BCUT2D eigenvalue weighted by Crippen LogP contribution is 2.44. The molecular formula is C15H14NO3-. The van der Waals surface area contributed by atoms with Crippen molar-refractivity contribution in [2.45, 2.75) is 26.7 Å². The van der Waals surface area contributed by atoms with Crippen LogP contribution in [0.1, 0.15) is 35.3 Å². The summed E-state index contributed by atoms with van der Waals surface area (Å²) in [5.74, 6) is -1.03. The van der Waals surface area contributed by atoms with Crippen LogP contribution in [0.4, 0.5) is 0 Å². The van der Waals surface area contributed by atoms with E-state index >= 15 is 0 Å². The van der Waals surface area contributed by atoms with Crippen LogP contribution in [0.25, 0.3) is 10.8 Å². The van der Waals surface area contributed by atoms with E-state index in [0.717, 1.165) is 0 Å². The van der Waals surface area contributed by atoms with Gasteiger partial charge in [-0.1, -0.05) is 25.2 Å². The molecular weight excluding hydrogens is 242 g/mol. The third kappa shape index (κ3) is 1.67. The Balaban J connectivity index is 2.45. The molecule has 3 rings (SSSR count). The molecule has 0 spiro atoms. The van der Waals surface area contributed by atoms with Gasteiger partial charge in [0.1, 0.15) is 0 Å². The van der Waals surface area contributed by atoms with Crippen molar-refractivity contribution in [1.82, 2.24) is 4.98 Å². The monoisotopic (exact) mass is 256 g/mol. The number of hydrogen-bond donors (Lipinski definition) is 1. The summed E-state index contributed by atoms with van der Waals surface area (Å²) >= 11 is 0. The van der Waals surface area contributed by atoms with E-state index in [1.54, 1.807) is 6.07 Å². The third-order valence-electron chi connectivity index (χ3n) is 3.80. The van der Waals surface area contributed by atoms with Gasteiger partial charge in [0.25, 0.3) is 0 Å². The molecule has 0 saturated heterocycles. The van der Waals surface area contributed by atoms with Gasteiger partial charge in [-0.25, -0.2) is 4.79 Å². The van der Waals surface area contributed by atoms with Crippen molar-refractivity contribution in [3.05, 3.63) is 35.2 Å². The number of aromatic carboxylic acids is 1. The maximum absolute atomic E-state index is 12.4. The molecule has 1 aromatic carbocycles. The molecule has 0 amide bonds. The van der Waals surface area contributed by atoms with Crippen LogP contribution in [0, 0.1) is 5.41 Å². The molecule has 1 aliphatic rings. The van der Waals surface area contributed by atoms with E-state index in [9.17, 15) is 15.0 Å². The number of fused-ring (bicyclic) bond motifs is 2. The molecule has 0 unspecified atom stereocenters. The number of carbonyl (C=O) groups is 1. The molecule has 1 aliphatic carbocycles. The largest absolute Gasteiger partial charge is 0.872 e. The lowest BCUT2D eigenvalue weighted by Gasteiger charge is -2.19. The van der Waals surface area contributed by atoms with Crippen molar-refractivity contribution in [2.24, 2.45) is 5.41 Å². The van der Waals surface area contributed by atoms with Crippen molar-refractivity contribution < 1.29 is 15.0 Å². The van der Waals surface area contributed by atoms with E-state index in [2.05, 4.69) is 18.8 Å². The van der Waals surface area contributed by atoms with Gasteiger partial charge in [-0.15, -0.1) is 0 Å². The summed E-state index contributed by atoms with van der Waals surface area (Å²) in [6.45, 7) is 4.11. The van der Waals surface area contributed by atoms with Crippen LogP contribution < -0.4 is 5.11 Å². The Morgan fingerprint density at radius 3 is 2.68 bits per heavy atom. The predicted molar refractivity (Wildman–Crippen MR) is 69.3 cm³/mol. The minimum atomic E-state index is -0.967. The van der Waals surface area contributed by atoms with E-state index in [0.29, 0.717) is 34.7 Å². The molecule has 0 atom stereocenters. The van der Waals surface area contributed by atoms with Crippen molar-refractivity contribution in [3.63, 3.8) is 0 Å². The summed E-state index contributed by atoms with van der Waals surface area (Å²) in [6, 6.07) is 1.62. The van der Waals surface area contributed by atoms with Crippen LogP contribution in [0.15, 0.2) is 18.5 Å². The average molecular weight is 256 g/mol. The van der Waals surface area contributed by atoms with Crippen LogP contribution in [0.3, 0.4) is 0 Å². The molecule has 0 radical (unpaired) electrons. The molecule has 1 aromatic heterocycles. The Morgan fingerprint density at radius 2 is 2.00 bits per heavy atom. The predicted octanol–water partition coefficient (Wildman–Crippen LogP) is 2.13. The van der Waals surface area contributed by atoms with Crippen LogP contribution >= 0.6 is 0 Å². The van der Waals surface area contributed by atoms with Crippen LogP contribution in [0.2, 0.25) is 0 Å². The first-order valence-corrected chi connectivity index (χ1v) is 6.22. The lowest BCUT2D eigenvalue weighted by Crippen LogP contribution is -2.10. The molecule has 0 aliphatic heterocycles. The van der Waals surface area contributed by atoms with Gasteiger partial charge in [0.15, 0.2) is 0 Å². The van der Waals surface area contributed by atoms with Crippen LogP contribution in [-0.2, 0) is 12.8 Å². The summed E-state index contributed by atoms with van der Waals surface area (Å²) in [5, 5.41) is 22.9. The van der Waals surface area contributed by atoms with E-state index in [-0.39, 0.29) is 16.7 Å². The maximum Gasteiger partial charge on any atom is 0.336 e. The first kappa shape index (κ1) is 12.0. The standard InChI is InChI=1S/C15H15NO3/c1-15(2)5-9-10(6-15)13(17)11-7-16-4-3-8(11)12(9)14(18)19/h3-4,7,17H,5-6H2,1-2H3,(H,18,19)/p-1. The summed E-state index contributed by atoms with van der Waals surface area (Å²) in [5.41, 5.74) is 1.58. The second kappa shape index (κ2) is 3.70. The number of hydrogen-bond acceptors (Lipinski definition) is 3. The molecule has 1 N–H and O–H groups in total. The Hall–Kier alpha value is -2.10. The Kier molecular flexibility index (Phi) is 2.33. The number of pyridine rings is 1. The fourth-order valence-electron chi connectivity index (χ4n) is 3.05. The molecule has 98 valence electrons. The second-order valence-electron chi connectivity index (χ2n) is 5.91. The van der Waals surface area contributed by atoms with Crippen molar-refractivity contribution in [2.75, 3.05) is 0 Å². The van der Waals surface area contributed by atoms with Crippen LogP contribution in [-0.4, -0.2) is 16.1 Å². The van der Waals surface area contributed by atoms with Gasteiger partial charge in [0, 0.05) is 12.4 Å². The van der Waals surface area contributed by atoms with Gasteiger partial charge in [-0.05, 0) is 40.7 Å². The normalized spacial score (nSPS) is 16.5. The number of nitrogens with zero attached hydrogens (tertiary/aromatic N) is 1. The molecule has 1 heterocycles. The van der Waals surface area contributed by atoms with E-state index in [1.165, 1.54) is 12.4 Å². The zero-order valence-corrected chi connectivity index (χ0v) is 10.9. The maximum atomic E-state index is 12.4. The molecule has 2 aromatic rings. The zero-order valence-electron chi connectivity index (χ0n) is 10.9. The number of carboxylic acid groups (broad SMARTS) is 1. The number of benzene rings is 1. The summed E-state index contributed by atoms with van der Waals surface area (Å²) in [6.07, 6.45) is 4.26. The fourth-order valence-corrected chi connectivity index (χ4v) is 3.05. The van der Waals surface area contributed by atoms with E-state index < -0.39 is 5.97 Å². The lowest BCUT2D eigenvalue weighted by molar-refractivity contribution is -0.267. The minimum Gasteiger partial charge on any atom is -0.872 e. The minimum absolute atomic E-state index is 0.0590. The third-order valence-corrected chi connectivity index (χ3v) is 3.80. The summed E-state index contributed by atoms with van der Waals surface area (Å²) in [4.78, 5) is 15.5. The average Bonchev–Trinajstić information content (AvgIpc) is 2.65.